The Kier molecular flexibility index (Phi) is 3.75. The second kappa shape index (κ2) is 5.95. The molecule has 1 amide bonds. The van der Waals surface area contributed by atoms with Crippen LogP contribution in [0, 0.1) is 13.8 Å². The monoisotopic (exact) mass is 335 g/mol. The van der Waals surface area contributed by atoms with Crippen LogP contribution < -0.4 is 4.90 Å². The van der Waals surface area contributed by atoms with Crippen molar-refractivity contribution in [2.24, 2.45) is 0 Å². The number of aromatic nitrogens is 4. The minimum Gasteiger partial charge on any atom is -0.305 e. The van der Waals surface area contributed by atoms with Crippen molar-refractivity contribution in [2.75, 3.05) is 11.4 Å². The van der Waals surface area contributed by atoms with E-state index in [1.165, 1.54) is 11.1 Å². The molecule has 3 aromatic rings. The zero-order chi connectivity index (χ0) is 17.6. The van der Waals surface area contributed by atoms with Crippen molar-refractivity contribution >= 4 is 17.4 Å². The normalized spacial score (nSPS) is 14.0. The van der Waals surface area contributed by atoms with Crippen LogP contribution in [-0.4, -0.2) is 32.0 Å². The molecule has 0 bridgehead atoms. The maximum Gasteiger partial charge on any atom is 0.298 e. The molecule has 0 aliphatic carbocycles. The zero-order valence-corrected chi connectivity index (χ0v) is 14.8. The number of anilines is 1. The third-order valence-corrected chi connectivity index (χ3v) is 4.74. The van der Waals surface area contributed by atoms with Crippen molar-refractivity contribution in [1.29, 1.82) is 0 Å². The summed E-state index contributed by atoms with van der Waals surface area (Å²) in [5.74, 6) is 0.534. The lowest BCUT2D eigenvalue weighted by Crippen LogP contribution is -2.37. The number of amides is 1. The molecular weight excluding hydrogens is 314 g/mol. The first kappa shape index (κ1) is 15.7. The molecule has 1 aromatic carbocycles. The van der Waals surface area contributed by atoms with E-state index in [-0.39, 0.29) is 11.7 Å². The summed E-state index contributed by atoms with van der Waals surface area (Å²) in [6.45, 7) is 6.67. The summed E-state index contributed by atoms with van der Waals surface area (Å²) in [5, 5.41) is 4.41. The Morgan fingerprint density at radius 3 is 2.88 bits per heavy atom. The van der Waals surface area contributed by atoms with Crippen molar-refractivity contribution < 1.29 is 4.79 Å². The van der Waals surface area contributed by atoms with Crippen molar-refractivity contribution in [2.45, 2.75) is 40.0 Å². The van der Waals surface area contributed by atoms with E-state index in [9.17, 15) is 4.79 Å². The van der Waals surface area contributed by atoms with Gasteiger partial charge in [-0.1, -0.05) is 25.1 Å². The Balaban J connectivity index is 1.80. The van der Waals surface area contributed by atoms with Crippen LogP contribution in [0.25, 0.3) is 5.78 Å². The van der Waals surface area contributed by atoms with Gasteiger partial charge in [0.15, 0.2) is 0 Å². The largest absolute Gasteiger partial charge is 0.305 e. The van der Waals surface area contributed by atoms with Crippen LogP contribution in [0.5, 0.6) is 0 Å². The molecule has 25 heavy (non-hydrogen) atoms. The van der Waals surface area contributed by atoms with Crippen molar-refractivity contribution in [3.05, 3.63) is 52.6 Å². The number of fused-ring (bicyclic) bond motifs is 2. The van der Waals surface area contributed by atoms with Crippen LogP contribution in [0.3, 0.4) is 0 Å². The number of carbonyl (C=O) groups excluding carboxylic acids is 1. The fraction of sp³-hybridized carbons (Fsp3) is 0.368. The molecule has 0 unspecified atom stereocenters. The number of hydrogen-bond acceptors (Lipinski definition) is 4. The Labute approximate surface area is 146 Å². The average molecular weight is 335 g/mol. The summed E-state index contributed by atoms with van der Waals surface area (Å²) in [7, 11) is 0. The second-order valence-corrected chi connectivity index (χ2v) is 6.52. The van der Waals surface area contributed by atoms with E-state index in [0.29, 0.717) is 12.3 Å². The topological polar surface area (TPSA) is 63.4 Å². The van der Waals surface area contributed by atoms with Gasteiger partial charge in [0.05, 0.1) is 5.69 Å². The van der Waals surface area contributed by atoms with Gasteiger partial charge in [-0.05, 0) is 50.3 Å². The van der Waals surface area contributed by atoms with E-state index in [0.717, 1.165) is 36.3 Å². The first-order chi connectivity index (χ1) is 12.1. The van der Waals surface area contributed by atoms with Gasteiger partial charge in [0.25, 0.3) is 11.7 Å². The smallest absolute Gasteiger partial charge is 0.298 e. The SMILES string of the molecule is CCc1cccc2c1N(C(=O)c1nc3nc(C)cc(C)n3n1)CCC2. The van der Waals surface area contributed by atoms with Gasteiger partial charge in [0.1, 0.15) is 0 Å². The molecule has 6 nitrogen and oxygen atoms in total. The molecule has 2 aromatic heterocycles. The molecule has 1 aliphatic rings. The van der Waals surface area contributed by atoms with Crippen LogP contribution in [0.1, 0.15) is 46.5 Å². The summed E-state index contributed by atoms with van der Waals surface area (Å²) in [6.07, 6.45) is 2.85. The van der Waals surface area contributed by atoms with E-state index < -0.39 is 0 Å². The lowest BCUT2D eigenvalue weighted by atomic mass is 9.96. The Hall–Kier alpha value is -2.76. The first-order valence-electron chi connectivity index (χ1n) is 8.72. The van der Waals surface area contributed by atoms with Crippen LogP contribution in [0.15, 0.2) is 24.3 Å². The van der Waals surface area contributed by atoms with Crippen molar-refractivity contribution in [3.63, 3.8) is 0 Å². The molecule has 0 spiro atoms. The van der Waals surface area contributed by atoms with E-state index in [4.69, 9.17) is 0 Å². The molecule has 0 saturated carbocycles. The molecule has 0 N–H and O–H groups in total. The molecular formula is C19H21N5O. The predicted molar refractivity (Wildman–Crippen MR) is 96.1 cm³/mol. The van der Waals surface area contributed by atoms with E-state index in [2.05, 4.69) is 40.2 Å². The fourth-order valence-corrected chi connectivity index (χ4v) is 3.60. The molecule has 6 heteroatoms. The van der Waals surface area contributed by atoms with Crippen molar-refractivity contribution in [1.82, 2.24) is 19.6 Å². The number of aryl methyl sites for hydroxylation is 4. The first-order valence-corrected chi connectivity index (χ1v) is 8.72. The van der Waals surface area contributed by atoms with Gasteiger partial charge >= 0.3 is 0 Å². The average Bonchev–Trinajstić information content (AvgIpc) is 3.04. The molecule has 3 heterocycles. The lowest BCUT2D eigenvalue weighted by Gasteiger charge is -2.30. The van der Waals surface area contributed by atoms with Gasteiger partial charge in [0.2, 0.25) is 5.82 Å². The fourth-order valence-electron chi connectivity index (χ4n) is 3.60. The minimum atomic E-state index is -0.149. The van der Waals surface area contributed by atoms with Gasteiger partial charge in [-0.15, -0.1) is 5.10 Å². The van der Waals surface area contributed by atoms with E-state index >= 15 is 0 Å². The molecule has 0 saturated heterocycles. The molecule has 0 radical (unpaired) electrons. The number of carbonyl (C=O) groups is 1. The Morgan fingerprint density at radius 2 is 2.08 bits per heavy atom. The summed E-state index contributed by atoms with van der Waals surface area (Å²) in [6, 6.07) is 8.21. The standard InChI is InChI=1S/C19H21N5O/c1-4-14-7-5-8-15-9-6-10-23(16(14)15)18(25)17-21-19-20-12(2)11-13(3)24(19)22-17/h5,7-8,11H,4,6,9-10H2,1-3H3. The highest BCUT2D eigenvalue weighted by Crippen LogP contribution is 2.32. The van der Waals surface area contributed by atoms with Crippen LogP contribution in [-0.2, 0) is 12.8 Å². The van der Waals surface area contributed by atoms with E-state index in [1.807, 2.05) is 24.8 Å². The molecule has 128 valence electrons. The summed E-state index contributed by atoms with van der Waals surface area (Å²) < 4.78 is 1.64. The van der Waals surface area contributed by atoms with Crippen LogP contribution in [0.4, 0.5) is 5.69 Å². The number of nitrogens with zero attached hydrogens (tertiary/aromatic N) is 5. The summed E-state index contributed by atoms with van der Waals surface area (Å²) in [4.78, 5) is 23.8. The number of hydrogen-bond donors (Lipinski definition) is 0. The summed E-state index contributed by atoms with van der Waals surface area (Å²) >= 11 is 0. The maximum atomic E-state index is 13.2. The second-order valence-electron chi connectivity index (χ2n) is 6.52. The van der Waals surface area contributed by atoms with Gasteiger partial charge in [0, 0.05) is 17.9 Å². The third-order valence-electron chi connectivity index (χ3n) is 4.74. The Bertz CT molecular complexity index is 961. The van der Waals surface area contributed by atoms with E-state index in [1.54, 1.807) is 4.52 Å². The van der Waals surface area contributed by atoms with Crippen LogP contribution in [0.2, 0.25) is 0 Å². The highest BCUT2D eigenvalue weighted by molar-refractivity contribution is 6.05. The van der Waals surface area contributed by atoms with Gasteiger partial charge < -0.3 is 4.90 Å². The van der Waals surface area contributed by atoms with Crippen LogP contribution >= 0.6 is 0 Å². The maximum absolute atomic E-state index is 13.2. The molecule has 0 atom stereocenters. The number of para-hydroxylation sites is 1. The minimum absolute atomic E-state index is 0.149. The highest BCUT2D eigenvalue weighted by atomic mass is 16.2. The predicted octanol–water partition coefficient (Wildman–Crippen LogP) is 2.90. The van der Waals surface area contributed by atoms with Gasteiger partial charge in [-0.2, -0.15) is 4.98 Å². The van der Waals surface area contributed by atoms with Crippen molar-refractivity contribution in [3.8, 4) is 0 Å². The molecule has 0 fully saturated rings. The zero-order valence-electron chi connectivity index (χ0n) is 14.8. The lowest BCUT2D eigenvalue weighted by molar-refractivity contribution is 0.0975. The molecule has 1 aliphatic heterocycles. The number of benzene rings is 1. The highest BCUT2D eigenvalue weighted by Gasteiger charge is 2.28. The summed E-state index contributed by atoms with van der Waals surface area (Å²) in [5.41, 5.74) is 5.25. The quantitative estimate of drug-likeness (QED) is 0.722. The Morgan fingerprint density at radius 1 is 1.24 bits per heavy atom. The molecule has 4 rings (SSSR count). The van der Waals surface area contributed by atoms with Gasteiger partial charge in [-0.25, -0.2) is 9.50 Å². The number of rotatable bonds is 2. The third kappa shape index (κ3) is 2.58. The van der Waals surface area contributed by atoms with Gasteiger partial charge in [-0.3, -0.25) is 4.79 Å².